The smallest absolute Gasteiger partial charge is 0.0619 e. The third-order valence-corrected chi connectivity index (χ3v) is 3.90. The highest BCUT2D eigenvalue weighted by Crippen LogP contribution is 2.25. The summed E-state index contributed by atoms with van der Waals surface area (Å²) in [5.74, 6) is 1.52. The van der Waals surface area contributed by atoms with Crippen LogP contribution in [0.25, 0.3) is 0 Å². The summed E-state index contributed by atoms with van der Waals surface area (Å²) >= 11 is 0. The van der Waals surface area contributed by atoms with Crippen LogP contribution in [0.2, 0.25) is 0 Å². The number of morpholine rings is 1. The zero-order valence-corrected chi connectivity index (χ0v) is 10.2. The summed E-state index contributed by atoms with van der Waals surface area (Å²) in [6, 6.07) is 1.33. The molecule has 1 N–H and O–H groups in total. The maximum absolute atomic E-state index is 5.52. The van der Waals surface area contributed by atoms with Gasteiger partial charge in [0.15, 0.2) is 0 Å². The summed E-state index contributed by atoms with van der Waals surface area (Å²) in [7, 11) is 0. The molecule has 0 amide bonds. The van der Waals surface area contributed by atoms with Crippen LogP contribution in [0.1, 0.15) is 20.8 Å². The second kappa shape index (κ2) is 4.81. The average molecular weight is 212 g/mol. The number of rotatable bonds is 1. The fraction of sp³-hybridized carbons (Fsp3) is 1.00. The van der Waals surface area contributed by atoms with Gasteiger partial charge >= 0.3 is 0 Å². The van der Waals surface area contributed by atoms with E-state index in [2.05, 4.69) is 31.0 Å². The van der Waals surface area contributed by atoms with Crippen molar-refractivity contribution in [3.05, 3.63) is 0 Å². The van der Waals surface area contributed by atoms with E-state index < -0.39 is 0 Å². The Kier molecular flexibility index (Phi) is 3.65. The van der Waals surface area contributed by atoms with Crippen molar-refractivity contribution in [2.75, 3.05) is 32.8 Å². The molecule has 0 aliphatic carbocycles. The summed E-state index contributed by atoms with van der Waals surface area (Å²) in [6.07, 6.45) is 0. The second-order valence-corrected chi connectivity index (χ2v) is 5.27. The highest BCUT2D eigenvalue weighted by Gasteiger charge is 2.35. The first kappa shape index (κ1) is 11.4. The Hall–Kier alpha value is -0.120. The molecular formula is C12H24N2O. The Morgan fingerprint density at radius 3 is 2.40 bits per heavy atom. The molecule has 88 valence electrons. The number of ether oxygens (including phenoxy) is 1. The zero-order valence-electron chi connectivity index (χ0n) is 10.2. The van der Waals surface area contributed by atoms with Crippen LogP contribution in [-0.4, -0.2) is 49.8 Å². The van der Waals surface area contributed by atoms with Gasteiger partial charge in [0.25, 0.3) is 0 Å². The second-order valence-electron chi connectivity index (χ2n) is 5.27. The minimum Gasteiger partial charge on any atom is -0.379 e. The number of hydrogen-bond acceptors (Lipinski definition) is 3. The molecule has 0 aromatic carbocycles. The van der Waals surface area contributed by atoms with E-state index in [0.29, 0.717) is 6.04 Å². The maximum atomic E-state index is 5.52. The SMILES string of the molecule is CC1CNCC(C)C1N1CCOC[C@@H]1C. The van der Waals surface area contributed by atoms with Crippen LogP contribution in [0.15, 0.2) is 0 Å². The lowest BCUT2D eigenvalue weighted by atomic mass is 9.84. The normalized spacial score (nSPS) is 44.2. The minimum atomic E-state index is 0.590. The lowest BCUT2D eigenvalue weighted by Crippen LogP contribution is -2.59. The summed E-state index contributed by atoms with van der Waals surface area (Å²) in [6.45, 7) is 12.3. The molecule has 0 aromatic rings. The van der Waals surface area contributed by atoms with E-state index in [9.17, 15) is 0 Å². The molecule has 3 heteroatoms. The van der Waals surface area contributed by atoms with Crippen molar-refractivity contribution in [1.29, 1.82) is 0 Å². The van der Waals surface area contributed by atoms with Gasteiger partial charge in [0.1, 0.15) is 0 Å². The van der Waals surface area contributed by atoms with Crippen molar-refractivity contribution in [3.63, 3.8) is 0 Å². The van der Waals surface area contributed by atoms with Gasteiger partial charge < -0.3 is 10.1 Å². The summed E-state index contributed by atoms with van der Waals surface area (Å²) in [5.41, 5.74) is 0. The van der Waals surface area contributed by atoms with E-state index in [0.717, 1.165) is 37.6 Å². The summed E-state index contributed by atoms with van der Waals surface area (Å²) in [4.78, 5) is 2.67. The summed E-state index contributed by atoms with van der Waals surface area (Å²) < 4.78 is 5.52. The van der Waals surface area contributed by atoms with Crippen molar-refractivity contribution in [3.8, 4) is 0 Å². The number of hydrogen-bond donors (Lipinski definition) is 1. The van der Waals surface area contributed by atoms with E-state index in [1.165, 1.54) is 13.1 Å². The Morgan fingerprint density at radius 1 is 1.13 bits per heavy atom. The van der Waals surface area contributed by atoms with Crippen LogP contribution in [0.3, 0.4) is 0 Å². The highest BCUT2D eigenvalue weighted by atomic mass is 16.5. The fourth-order valence-electron chi connectivity index (χ4n) is 3.18. The van der Waals surface area contributed by atoms with Crippen LogP contribution in [0.5, 0.6) is 0 Å². The molecule has 2 unspecified atom stereocenters. The molecule has 2 heterocycles. The van der Waals surface area contributed by atoms with Gasteiger partial charge in [-0.25, -0.2) is 0 Å². The van der Waals surface area contributed by atoms with Crippen LogP contribution in [0.4, 0.5) is 0 Å². The van der Waals surface area contributed by atoms with Crippen molar-refractivity contribution >= 4 is 0 Å². The predicted octanol–water partition coefficient (Wildman–Crippen LogP) is 0.951. The third kappa shape index (κ3) is 2.35. The monoisotopic (exact) mass is 212 g/mol. The maximum Gasteiger partial charge on any atom is 0.0619 e. The molecule has 0 radical (unpaired) electrons. The van der Waals surface area contributed by atoms with Gasteiger partial charge in [0.2, 0.25) is 0 Å². The van der Waals surface area contributed by atoms with Gasteiger partial charge in [-0.2, -0.15) is 0 Å². The Bertz CT molecular complexity index is 200. The first-order valence-corrected chi connectivity index (χ1v) is 6.24. The molecule has 0 saturated carbocycles. The largest absolute Gasteiger partial charge is 0.379 e. The van der Waals surface area contributed by atoms with E-state index in [-0.39, 0.29) is 0 Å². The Labute approximate surface area is 93.2 Å². The average Bonchev–Trinajstić information content (AvgIpc) is 2.20. The van der Waals surface area contributed by atoms with Crippen LogP contribution >= 0.6 is 0 Å². The number of nitrogens with one attached hydrogen (secondary N) is 1. The fourth-order valence-corrected chi connectivity index (χ4v) is 3.18. The Balaban J connectivity index is 2.05. The molecule has 2 fully saturated rings. The van der Waals surface area contributed by atoms with Crippen molar-refractivity contribution in [2.24, 2.45) is 11.8 Å². The first-order chi connectivity index (χ1) is 7.20. The van der Waals surface area contributed by atoms with Crippen LogP contribution in [0, 0.1) is 11.8 Å². The van der Waals surface area contributed by atoms with Crippen molar-refractivity contribution in [2.45, 2.75) is 32.9 Å². The van der Waals surface area contributed by atoms with Crippen molar-refractivity contribution in [1.82, 2.24) is 10.2 Å². The molecule has 0 bridgehead atoms. The molecule has 3 atom stereocenters. The third-order valence-electron chi connectivity index (χ3n) is 3.90. The van der Waals surface area contributed by atoms with Crippen molar-refractivity contribution < 1.29 is 4.74 Å². The topological polar surface area (TPSA) is 24.5 Å². The number of nitrogens with zero attached hydrogens (tertiary/aromatic N) is 1. The molecule has 2 aliphatic heterocycles. The van der Waals surface area contributed by atoms with Gasteiger partial charge in [0.05, 0.1) is 13.2 Å². The molecule has 2 saturated heterocycles. The molecule has 15 heavy (non-hydrogen) atoms. The molecule has 2 aliphatic rings. The van der Waals surface area contributed by atoms with E-state index in [1.807, 2.05) is 0 Å². The summed E-state index contributed by atoms with van der Waals surface area (Å²) in [5, 5.41) is 3.51. The molecule has 3 nitrogen and oxygen atoms in total. The first-order valence-electron chi connectivity index (χ1n) is 6.24. The van der Waals surface area contributed by atoms with Gasteiger partial charge in [-0.05, 0) is 31.8 Å². The lowest BCUT2D eigenvalue weighted by Gasteiger charge is -2.47. The zero-order chi connectivity index (χ0) is 10.8. The molecule has 0 spiro atoms. The van der Waals surface area contributed by atoms with Gasteiger partial charge in [-0.15, -0.1) is 0 Å². The van der Waals surface area contributed by atoms with E-state index in [4.69, 9.17) is 4.74 Å². The van der Waals surface area contributed by atoms with Crippen LogP contribution in [-0.2, 0) is 4.74 Å². The number of piperidine rings is 1. The Morgan fingerprint density at radius 2 is 1.80 bits per heavy atom. The van der Waals surface area contributed by atoms with Gasteiger partial charge in [-0.3, -0.25) is 4.90 Å². The minimum absolute atomic E-state index is 0.590. The van der Waals surface area contributed by atoms with Gasteiger partial charge in [0, 0.05) is 18.6 Å². The molecule has 2 rings (SSSR count). The van der Waals surface area contributed by atoms with Gasteiger partial charge in [-0.1, -0.05) is 13.8 Å². The van der Waals surface area contributed by atoms with E-state index in [1.54, 1.807) is 0 Å². The highest BCUT2D eigenvalue weighted by molar-refractivity contribution is 4.90. The standard InChI is InChI=1S/C12H24N2O/c1-9-6-13-7-10(2)12(9)14-4-5-15-8-11(14)3/h9-13H,4-8H2,1-3H3/t9?,10?,11-,12?/m0/s1. The van der Waals surface area contributed by atoms with E-state index >= 15 is 0 Å². The quantitative estimate of drug-likeness (QED) is 0.700. The predicted molar refractivity (Wildman–Crippen MR) is 62.0 cm³/mol. The molecule has 0 aromatic heterocycles. The lowest BCUT2D eigenvalue weighted by molar-refractivity contribution is -0.0517. The van der Waals surface area contributed by atoms with Crippen LogP contribution < -0.4 is 5.32 Å². The molecular weight excluding hydrogens is 188 g/mol.